The fraction of sp³-hybridized carbons (Fsp3) is 0.433. The summed E-state index contributed by atoms with van der Waals surface area (Å²) in [6, 6.07) is 6.94. The monoisotopic (exact) mass is 492 g/mol. The summed E-state index contributed by atoms with van der Waals surface area (Å²) in [5.74, 6) is 1.01. The number of ether oxygens (including phenoxy) is 2. The predicted octanol–water partition coefficient (Wildman–Crippen LogP) is 5.68. The SMILES string of the molecule is CC(C)=CCc1cc([C@H]2CC(=O)c3ccc(O)c(CC=C(C)C)c3O2)cc2c1O[C@H](C(C)(C)O)[C@H]2O. The Hall–Kier alpha value is -3.09. The van der Waals surface area contributed by atoms with Gasteiger partial charge in [-0.15, -0.1) is 0 Å². The van der Waals surface area contributed by atoms with Crippen LogP contribution in [-0.2, 0) is 12.8 Å². The molecule has 192 valence electrons. The number of ketones is 1. The highest BCUT2D eigenvalue weighted by Crippen LogP contribution is 2.47. The van der Waals surface area contributed by atoms with Gasteiger partial charge >= 0.3 is 0 Å². The molecule has 2 heterocycles. The largest absolute Gasteiger partial charge is 0.508 e. The van der Waals surface area contributed by atoms with E-state index in [9.17, 15) is 20.1 Å². The lowest BCUT2D eigenvalue weighted by atomic mass is 9.89. The lowest BCUT2D eigenvalue weighted by Gasteiger charge is -2.28. The van der Waals surface area contributed by atoms with Crippen LogP contribution in [0.1, 0.15) is 92.8 Å². The van der Waals surface area contributed by atoms with Crippen LogP contribution in [0.5, 0.6) is 17.2 Å². The van der Waals surface area contributed by atoms with Gasteiger partial charge in [0.25, 0.3) is 0 Å². The Morgan fingerprint density at radius 3 is 2.33 bits per heavy atom. The zero-order chi connectivity index (χ0) is 26.4. The smallest absolute Gasteiger partial charge is 0.170 e. The molecule has 2 aromatic carbocycles. The van der Waals surface area contributed by atoms with Crippen molar-refractivity contribution in [2.75, 3.05) is 0 Å². The zero-order valence-corrected chi connectivity index (χ0v) is 21.9. The first-order valence-corrected chi connectivity index (χ1v) is 12.4. The van der Waals surface area contributed by atoms with Crippen LogP contribution in [0.25, 0.3) is 0 Å². The Balaban J connectivity index is 1.78. The molecule has 36 heavy (non-hydrogen) atoms. The number of hydrogen-bond acceptors (Lipinski definition) is 6. The third kappa shape index (κ3) is 5.06. The number of Topliss-reactive ketones (excluding diaryl/α,β-unsaturated/α-hetero) is 1. The minimum Gasteiger partial charge on any atom is -0.508 e. The Kier molecular flexibility index (Phi) is 7.04. The zero-order valence-electron chi connectivity index (χ0n) is 21.9. The second-order valence-corrected chi connectivity index (χ2v) is 10.9. The van der Waals surface area contributed by atoms with Crippen molar-refractivity contribution in [3.05, 3.63) is 75.4 Å². The second-order valence-electron chi connectivity index (χ2n) is 10.9. The maximum Gasteiger partial charge on any atom is 0.170 e. The maximum atomic E-state index is 13.2. The first-order chi connectivity index (χ1) is 16.9. The third-order valence-corrected chi connectivity index (χ3v) is 6.75. The number of carbonyl (C=O) groups is 1. The van der Waals surface area contributed by atoms with Gasteiger partial charge < -0.3 is 24.8 Å². The first-order valence-electron chi connectivity index (χ1n) is 12.4. The number of phenolic OH excluding ortho intramolecular Hbond substituents is 1. The third-order valence-electron chi connectivity index (χ3n) is 6.75. The minimum absolute atomic E-state index is 0.0581. The molecule has 2 aliphatic rings. The molecular formula is C30H36O6. The Morgan fingerprint density at radius 1 is 1.03 bits per heavy atom. The van der Waals surface area contributed by atoms with E-state index in [0.717, 1.165) is 22.3 Å². The molecule has 0 aromatic heterocycles. The van der Waals surface area contributed by atoms with Crippen molar-refractivity contribution < 1.29 is 29.6 Å². The summed E-state index contributed by atoms with van der Waals surface area (Å²) in [4.78, 5) is 13.2. The minimum atomic E-state index is -1.25. The molecule has 3 N–H and O–H groups in total. The molecule has 6 heteroatoms. The van der Waals surface area contributed by atoms with Crippen LogP contribution in [0.2, 0.25) is 0 Å². The highest BCUT2D eigenvalue weighted by Gasteiger charge is 2.44. The molecule has 0 radical (unpaired) electrons. The molecule has 0 fully saturated rings. The van der Waals surface area contributed by atoms with E-state index in [0.29, 0.717) is 41.0 Å². The van der Waals surface area contributed by atoms with E-state index in [4.69, 9.17) is 9.47 Å². The van der Waals surface area contributed by atoms with Crippen LogP contribution >= 0.6 is 0 Å². The van der Waals surface area contributed by atoms with E-state index in [1.165, 1.54) is 0 Å². The number of allylic oxidation sites excluding steroid dienone is 4. The summed E-state index contributed by atoms with van der Waals surface area (Å²) in [6.07, 6.45) is 2.83. The maximum absolute atomic E-state index is 13.2. The number of hydrogen-bond donors (Lipinski definition) is 3. The van der Waals surface area contributed by atoms with Gasteiger partial charge in [0, 0.05) is 11.1 Å². The summed E-state index contributed by atoms with van der Waals surface area (Å²) in [5, 5.41) is 32.2. The Morgan fingerprint density at radius 2 is 1.69 bits per heavy atom. The molecule has 2 aliphatic heterocycles. The molecule has 6 nitrogen and oxygen atoms in total. The van der Waals surface area contributed by atoms with Crippen molar-refractivity contribution in [1.82, 2.24) is 0 Å². The van der Waals surface area contributed by atoms with Gasteiger partial charge in [0.1, 0.15) is 29.5 Å². The van der Waals surface area contributed by atoms with Gasteiger partial charge in [-0.25, -0.2) is 0 Å². The van der Waals surface area contributed by atoms with Crippen LogP contribution in [0.4, 0.5) is 0 Å². The molecule has 3 atom stereocenters. The standard InChI is InChI=1S/C30H36O6/c1-16(2)7-9-18-13-19(14-22-26(33)29(30(5,6)34)36-27(18)22)25-15-24(32)21-11-12-23(31)20(28(21)35-25)10-8-17(3)4/h7-8,11-14,25-26,29,31,33-34H,9-10,15H2,1-6H3/t25-,26+,29+/m1/s1. The van der Waals surface area contributed by atoms with E-state index >= 15 is 0 Å². The normalized spacial score (nSPS) is 20.7. The summed E-state index contributed by atoms with van der Waals surface area (Å²) in [5.41, 5.74) is 4.24. The number of aliphatic hydroxyl groups is 2. The number of carbonyl (C=O) groups excluding carboxylic acids is 1. The molecule has 0 amide bonds. The molecule has 4 rings (SSSR count). The van der Waals surface area contributed by atoms with Crippen LogP contribution in [0.15, 0.2) is 47.6 Å². The highest BCUT2D eigenvalue weighted by molar-refractivity contribution is 6.00. The van der Waals surface area contributed by atoms with Crippen LogP contribution in [0, 0.1) is 0 Å². The topological polar surface area (TPSA) is 96.2 Å². The van der Waals surface area contributed by atoms with Gasteiger partial charge in [-0.05, 0) is 89.8 Å². The summed E-state index contributed by atoms with van der Waals surface area (Å²) >= 11 is 0. The molecule has 0 unspecified atom stereocenters. The lowest BCUT2D eigenvalue weighted by molar-refractivity contribution is -0.0764. The summed E-state index contributed by atoms with van der Waals surface area (Å²) in [6.45, 7) is 11.2. The van der Waals surface area contributed by atoms with Crippen molar-refractivity contribution in [1.29, 1.82) is 0 Å². The average Bonchev–Trinajstić information content (AvgIpc) is 3.13. The molecule has 0 saturated heterocycles. The highest BCUT2D eigenvalue weighted by atomic mass is 16.5. The molecule has 0 bridgehead atoms. The molecule has 0 aliphatic carbocycles. The van der Waals surface area contributed by atoms with Crippen molar-refractivity contribution in [3.63, 3.8) is 0 Å². The van der Waals surface area contributed by atoms with E-state index in [-0.39, 0.29) is 18.0 Å². The quantitative estimate of drug-likeness (QED) is 0.449. The van der Waals surface area contributed by atoms with Crippen molar-refractivity contribution in [2.24, 2.45) is 0 Å². The van der Waals surface area contributed by atoms with Crippen LogP contribution < -0.4 is 9.47 Å². The van der Waals surface area contributed by atoms with E-state index in [1.807, 2.05) is 45.9 Å². The Bertz CT molecular complexity index is 1240. The average molecular weight is 493 g/mol. The van der Waals surface area contributed by atoms with E-state index in [2.05, 4.69) is 6.08 Å². The van der Waals surface area contributed by atoms with Crippen LogP contribution in [0.3, 0.4) is 0 Å². The van der Waals surface area contributed by atoms with E-state index in [1.54, 1.807) is 26.0 Å². The molecule has 2 aromatic rings. The van der Waals surface area contributed by atoms with Gasteiger partial charge in [-0.2, -0.15) is 0 Å². The fourth-order valence-corrected chi connectivity index (χ4v) is 4.76. The van der Waals surface area contributed by atoms with Crippen molar-refractivity contribution in [3.8, 4) is 17.2 Å². The number of aromatic hydroxyl groups is 1. The van der Waals surface area contributed by atoms with Gasteiger partial charge in [0.2, 0.25) is 0 Å². The van der Waals surface area contributed by atoms with Crippen molar-refractivity contribution in [2.45, 2.75) is 84.7 Å². The van der Waals surface area contributed by atoms with Gasteiger partial charge in [-0.3, -0.25) is 4.79 Å². The van der Waals surface area contributed by atoms with Gasteiger partial charge in [0.05, 0.1) is 17.6 Å². The number of rotatable bonds is 6. The van der Waals surface area contributed by atoms with E-state index < -0.39 is 23.9 Å². The molecule has 0 saturated carbocycles. The number of fused-ring (bicyclic) bond motifs is 2. The predicted molar refractivity (Wildman–Crippen MR) is 139 cm³/mol. The molecular weight excluding hydrogens is 456 g/mol. The lowest BCUT2D eigenvalue weighted by Crippen LogP contribution is -2.41. The number of aliphatic hydroxyl groups excluding tert-OH is 1. The van der Waals surface area contributed by atoms with Crippen LogP contribution in [-0.4, -0.2) is 32.8 Å². The van der Waals surface area contributed by atoms with Crippen molar-refractivity contribution >= 4 is 5.78 Å². The Labute approximate surface area is 212 Å². The number of phenols is 1. The number of benzene rings is 2. The first kappa shape index (κ1) is 26.0. The summed E-state index contributed by atoms with van der Waals surface area (Å²) < 4.78 is 12.5. The molecule has 0 spiro atoms. The van der Waals surface area contributed by atoms with Gasteiger partial charge in [-0.1, -0.05) is 23.3 Å². The van der Waals surface area contributed by atoms with Gasteiger partial charge in [0.15, 0.2) is 11.9 Å². The summed E-state index contributed by atoms with van der Waals surface area (Å²) in [7, 11) is 0. The fourth-order valence-electron chi connectivity index (χ4n) is 4.76. The second kappa shape index (κ2) is 9.75.